The summed E-state index contributed by atoms with van der Waals surface area (Å²) in [5, 5.41) is 3.73. The highest BCUT2D eigenvalue weighted by Gasteiger charge is 2.28. The van der Waals surface area contributed by atoms with Gasteiger partial charge in [0.15, 0.2) is 11.5 Å². The maximum absolute atomic E-state index is 5.45. The third-order valence-corrected chi connectivity index (χ3v) is 5.22. The van der Waals surface area contributed by atoms with Crippen molar-refractivity contribution in [1.82, 2.24) is 10.2 Å². The summed E-state index contributed by atoms with van der Waals surface area (Å²) >= 11 is 0. The Morgan fingerprint density at radius 3 is 2.76 bits per heavy atom. The average Bonchev–Trinajstić information content (AvgIpc) is 3.22. The van der Waals surface area contributed by atoms with E-state index >= 15 is 0 Å². The summed E-state index contributed by atoms with van der Waals surface area (Å²) in [7, 11) is 0. The van der Waals surface area contributed by atoms with Crippen LogP contribution in [-0.4, -0.2) is 36.9 Å². The van der Waals surface area contributed by atoms with Gasteiger partial charge in [-0.05, 0) is 49.6 Å². The summed E-state index contributed by atoms with van der Waals surface area (Å²) in [6.45, 7) is 5.84. The van der Waals surface area contributed by atoms with Crippen molar-refractivity contribution in [2.24, 2.45) is 0 Å². The third-order valence-electron chi connectivity index (χ3n) is 5.22. The molecule has 4 rings (SSSR count). The van der Waals surface area contributed by atoms with Crippen molar-refractivity contribution in [3.63, 3.8) is 0 Å². The van der Waals surface area contributed by atoms with Crippen LogP contribution in [0.1, 0.15) is 24.5 Å². The molecule has 1 N–H and O–H groups in total. The van der Waals surface area contributed by atoms with Gasteiger partial charge in [-0.1, -0.05) is 36.4 Å². The summed E-state index contributed by atoms with van der Waals surface area (Å²) < 4.78 is 10.8. The van der Waals surface area contributed by atoms with Crippen LogP contribution in [0.25, 0.3) is 0 Å². The molecule has 4 heteroatoms. The van der Waals surface area contributed by atoms with E-state index in [1.165, 1.54) is 17.5 Å². The van der Waals surface area contributed by atoms with Gasteiger partial charge in [-0.25, -0.2) is 0 Å². The predicted octanol–water partition coefficient (Wildman–Crippen LogP) is 3.21. The van der Waals surface area contributed by atoms with Gasteiger partial charge in [0.05, 0.1) is 0 Å². The molecule has 0 radical (unpaired) electrons. The molecule has 2 aliphatic rings. The Morgan fingerprint density at radius 2 is 1.88 bits per heavy atom. The fraction of sp³-hybridized carbons (Fsp3) is 0.429. The molecule has 2 aliphatic heterocycles. The minimum absolute atomic E-state index is 0.342. The van der Waals surface area contributed by atoms with E-state index in [4.69, 9.17) is 9.47 Å². The van der Waals surface area contributed by atoms with Gasteiger partial charge in [-0.2, -0.15) is 0 Å². The zero-order chi connectivity index (χ0) is 17.1. The van der Waals surface area contributed by atoms with E-state index in [1.54, 1.807) is 0 Å². The maximum Gasteiger partial charge on any atom is 0.231 e. The van der Waals surface area contributed by atoms with Crippen LogP contribution in [0.5, 0.6) is 11.5 Å². The van der Waals surface area contributed by atoms with Gasteiger partial charge in [0.2, 0.25) is 6.79 Å². The summed E-state index contributed by atoms with van der Waals surface area (Å²) in [5.74, 6) is 1.74. The van der Waals surface area contributed by atoms with Crippen LogP contribution in [0.15, 0.2) is 48.5 Å². The van der Waals surface area contributed by atoms with Gasteiger partial charge in [0.1, 0.15) is 0 Å². The molecule has 2 heterocycles. The van der Waals surface area contributed by atoms with Crippen molar-refractivity contribution in [2.45, 2.75) is 38.4 Å². The largest absolute Gasteiger partial charge is 0.454 e. The first-order chi connectivity index (χ1) is 12.3. The molecule has 2 atom stereocenters. The van der Waals surface area contributed by atoms with Gasteiger partial charge in [-0.15, -0.1) is 0 Å². The highest BCUT2D eigenvalue weighted by Crippen LogP contribution is 2.32. The quantitative estimate of drug-likeness (QED) is 0.877. The van der Waals surface area contributed by atoms with E-state index in [0.29, 0.717) is 18.9 Å². The van der Waals surface area contributed by atoms with Crippen molar-refractivity contribution in [3.8, 4) is 11.5 Å². The second-order valence-corrected chi connectivity index (χ2v) is 7.09. The van der Waals surface area contributed by atoms with E-state index in [1.807, 2.05) is 6.07 Å². The van der Waals surface area contributed by atoms with E-state index in [-0.39, 0.29) is 0 Å². The summed E-state index contributed by atoms with van der Waals surface area (Å²) in [6, 6.07) is 18.2. The molecule has 0 spiro atoms. The standard InChI is InChI=1S/C21H26N2O2/c1-16-11-19(14-23(16)13-18-5-3-2-4-6-18)22-10-9-17-7-8-20-21(12-17)25-15-24-20/h2-8,12,16,19,22H,9-11,13-15H2,1H3/t16-,19-/m1/s1. The molecule has 1 saturated heterocycles. The normalized spacial score (nSPS) is 22.4. The molecule has 132 valence electrons. The number of fused-ring (bicyclic) bond motifs is 1. The number of nitrogens with zero attached hydrogens (tertiary/aromatic N) is 1. The molecule has 0 amide bonds. The number of benzene rings is 2. The number of hydrogen-bond donors (Lipinski definition) is 1. The Hall–Kier alpha value is -2.04. The number of nitrogens with one attached hydrogen (secondary N) is 1. The molecule has 0 bridgehead atoms. The number of rotatable bonds is 6. The van der Waals surface area contributed by atoms with Crippen LogP contribution in [0.4, 0.5) is 0 Å². The Kier molecular flexibility index (Phi) is 4.90. The first-order valence-corrected chi connectivity index (χ1v) is 9.18. The van der Waals surface area contributed by atoms with Crippen molar-refractivity contribution in [2.75, 3.05) is 19.9 Å². The monoisotopic (exact) mass is 338 g/mol. The highest BCUT2D eigenvalue weighted by molar-refractivity contribution is 5.44. The van der Waals surface area contributed by atoms with E-state index in [9.17, 15) is 0 Å². The lowest BCUT2D eigenvalue weighted by atomic mass is 10.1. The summed E-state index contributed by atoms with van der Waals surface area (Å²) in [6.07, 6.45) is 2.23. The highest BCUT2D eigenvalue weighted by atomic mass is 16.7. The van der Waals surface area contributed by atoms with Crippen LogP contribution < -0.4 is 14.8 Å². The Bertz CT molecular complexity index is 704. The fourth-order valence-corrected chi connectivity index (χ4v) is 3.80. The second kappa shape index (κ2) is 7.46. The first-order valence-electron chi connectivity index (χ1n) is 9.18. The molecule has 0 aromatic heterocycles. The zero-order valence-electron chi connectivity index (χ0n) is 14.8. The third kappa shape index (κ3) is 3.97. The lowest BCUT2D eigenvalue weighted by Gasteiger charge is -2.21. The van der Waals surface area contributed by atoms with Gasteiger partial charge < -0.3 is 14.8 Å². The predicted molar refractivity (Wildman–Crippen MR) is 99.0 cm³/mol. The van der Waals surface area contributed by atoms with E-state index in [2.05, 4.69) is 59.6 Å². The van der Waals surface area contributed by atoms with Crippen LogP contribution in [0.2, 0.25) is 0 Å². The topological polar surface area (TPSA) is 33.7 Å². The van der Waals surface area contributed by atoms with Crippen LogP contribution in [0.3, 0.4) is 0 Å². The van der Waals surface area contributed by atoms with E-state index in [0.717, 1.165) is 37.6 Å². The van der Waals surface area contributed by atoms with Crippen LogP contribution in [0, 0.1) is 0 Å². The second-order valence-electron chi connectivity index (χ2n) is 7.09. The smallest absolute Gasteiger partial charge is 0.231 e. The Morgan fingerprint density at radius 1 is 1.04 bits per heavy atom. The van der Waals surface area contributed by atoms with E-state index < -0.39 is 0 Å². The van der Waals surface area contributed by atoms with Gasteiger partial charge in [0.25, 0.3) is 0 Å². The lowest BCUT2D eigenvalue weighted by molar-refractivity contribution is 0.174. The molecule has 25 heavy (non-hydrogen) atoms. The Labute approximate surface area is 149 Å². The minimum atomic E-state index is 0.342. The van der Waals surface area contributed by atoms with Crippen molar-refractivity contribution in [1.29, 1.82) is 0 Å². The minimum Gasteiger partial charge on any atom is -0.454 e. The summed E-state index contributed by atoms with van der Waals surface area (Å²) in [4.78, 5) is 2.58. The zero-order valence-corrected chi connectivity index (χ0v) is 14.8. The number of ether oxygens (including phenoxy) is 2. The molecule has 0 unspecified atom stereocenters. The van der Waals surface area contributed by atoms with Crippen LogP contribution in [-0.2, 0) is 13.0 Å². The molecule has 0 aliphatic carbocycles. The number of hydrogen-bond acceptors (Lipinski definition) is 4. The summed E-state index contributed by atoms with van der Waals surface area (Å²) in [5.41, 5.74) is 2.69. The number of likely N-dealkylation sites (tertiary alicyclic amines) is 1. The molecular formula is C21H26N2O2. The molecule has 2 aromatic rings. The maximum atomic E-state index is 5.45. The Balaban J connectivity index is 1.25. The molecular weight excluding hydrogens is 312 g/mol. The van der Waals surface area contributed by atoms with Crippen molar-refractivity contribution >= 4 is 0 Å². The lowest BCUT2D eigenvalue weighted by Crippen LogP contribution is -2.34. The SMILES string of the molecule is C[C@@H]1C[C@@H](NCCc2ccc3c(c2)OCO3)CN1Cc1ccccc1. The van der Waals surface area contributed by atoms with Crippen molar-refractivity contribution < 1.29 is 9.47 Å². The van der Waals surface area contributed by atoms with Gasteiger partial charge in [-0.3, -0.25) is 4.90 Å². The van der Waals surface area contributed by atoms with Gasteiger partial charge >= 0.3 is 0 Å². The van der Waals surface area contributed by atoms with Crippen molar-refractivity contribution in [3.05, 3.63) is 59.7 Å². The fourth-order valence-electron chi connectivity index (χ4n) is 3.80. The molecule has 2 aromatic carbocycles. The first kappa shape index (κ1) is 16.4. The molecule has 0 saturated carbocycles. The van der Waals surface area contributed by atoms with Gasteiger partial charge in [0, 0.05) is 25.2 Å². The van der Waals surface area contributed by atoms with Crippen LogP contribution >= 0.6 is 0 Å². The molecule has 1 fully saturated rings. The molecule has 4 nitrogen and oxygen atoms in total. The average molecular weight is 338 g/mol.